The van der Waals surface area contributed by atoms with E-state index in [9.17, 15) is 4.79 Å². The van der Waals surface area contributed by atoms with Crippen molar-refractivity contribution in [2.75, 3.05) is 26.2 Å². The normalized spacial score (nSPS) is 24.3. The lowest BCUT2D eigenvalue weighted by molar-refractivity contribution is -0.122. The van der Waals surface area contributed by atoms with Gasteiger partial charge in [0.25, 0.3) is 0 Å². The Balaban J connectivity index is 1.45. The largest absolute Gasteiger partial charge is 0.354 e. The Morgan fingerprint density at radius 3 is 3.05 bits per heavy atom. The Morgan fingerprint density at radius 2 is 2.33 bits per heavy atom. The van der Waals surface area contributed by atoms with Crippen LogP contribution < -0.4 is 16.0 Å². The second-order valence-corrected chi connectivity index (χ2v) is 7.23. The first-order valence-corrected chi connectivity index (χ1v) is 8.67. The highest BCUT2D eigenvalue weighted by molar-refractivity contribution is 7.09. The number of thiazole rings is 1. The zero-order valence-corrected chi connectivity index (χ0v) is 13.4. The van der Waals surface area contributed by atoms with Crippen molar-refractivity contribution < 1.29 is 4.79 Å². The molecule has 3 rings (SSSR count). The summed E-state index contributed by atoms with van der Waals surface area (Å²) in [6.45, 7) is 5.88. The first-order chi connectivity index (χ1) is 10.2. The summed E-state index contributed by atoms with van der Waals surface area (Å²) < 4.78 is 0. The van der Waals surface area contributed by atoms with Crippen LogP contribution in [0.4, 0.5) is 0 Å². The molecule has 6 heteroatoms. The summed E-state index contributed by atoms with van der Waals surface area (Å²) >= 11 is 1.67. The predicted molar refractivity (Wildman–Crippen MR) is 84.5 cm³/mol. The van der Waals surface area contributed by atoms with Crippen LogP contribution >= 0.6 is 11.3 Å². The first-order valence-electron chi connectivity index (χ1n) is 7.79. The van der Waals surface area contributed by atoms with E-state index in [0.29, 0.717) is 12.0 Å². The van der Waals surface area contributed by atoms with Crippen LogP contribution in [-0.2, 0) is 11.2 Å². The molecule has 1 aromatic heterocycles. The van der Waals surface area contributed by atoms with Gasteiger partial charge in [0.05, 0.1) is 17.2 Å². The van der Waals surface area contributed by atoms with E-state index in [4.69, 9.17) is 0 Å². The third-order valence-electron chi connectivity index (χ3n) is 4.84. The Hall–Kier alpha value is -0.980. The van der Waals surface area contributed by atoms with Crippen molar-refractivity contribution in [2.45, 2.75) is 38.6 Å². The number of amides is 1. The van der Waals surface area contributed by atoms with Crippen molar-refractivity contribution >= 4 is 17.2 Å². The number of aryl methyl sites for hydroxylation is 1. The summed E-state index contributed by atoms with van der Waals surface area (Å²) in [5.74, 6) is 0.160. The van der Waals surface area contributed by atoms with Crippen molar-refractivity contribution in [3.8, 4) is 0 Å². The fraction of sp³-hybridized carbons (Fsp3) is 0.733. The first kappa shape index (κ1) is 14.9. The van der Waals surface area contributed by atoms with Crippen molar-refractivity contribution in [3.05, 3.63) is 16.1 Å². The molecule has 0 unspecified atom stereocenters. The van der Waals surface area contributed by atoms with E-state index in [1.54, 1.807) is 11.3 Å². The summed E-state index contributed by atoms with van der Waals surface area (Å²) in [6.07, 6.45) is 4.23. The fourth-order valence-electron chi connectivity index (χ4n) is 3.43. The maximum Gasteiger partial charge on any atom is 0.237 e. The second kappa shape index (κ2) is 6.42. The molecule has 2 fully saturated rings. The molecule has 2 aliphatic heterocycles. The van der Waals surface area contributed by atoms with E-state index in [0.717, 1.165) is 38.2 Å². The smallest absolute Gasteiger partial charge is 0.237 e. The van der Waals surface area contributed by atoms with Gasteiger partial charge in [0, 0.05) is 24.4 Å². The zero-order valence-electron chi connectivity index (χ0n) is 12.6. The molecule has 1 atom stereocenters. The summed E-state index contributed by atoms with van der Waals surface area (Å²) in [4.78, 5) is 17.8. The van der Waals surface area contributed by atoms with Gasteiger partial charge in [-0.2, -0.15) is 0 Å². The molecule has 3 N–H and O–H groups in total. The van der Waals surface area contributed by atoms with Crippen LogP contribution in [0.5, 0.6) is 0 Å². The number of nitrogens with zero attached hydrogens (tertiary/aromatic N) is 1. The molecule has 0 radical (unpaired) electrons. The quantitative estimate of drug-likeness (QED) is 0.771. The van der Waals surface area contributed by atoms with Gasteiger partial charge in [0.15, 0.2) is 0 Å². The van der Waals surface area contributed by atoms with Gasteiger partial charge >= 0.3 is 0 Å². The SMILES string of the molecule is Cc1ncsc1CCNC(=O)[C@H]1CC2(CCNCC2)CN1. The number of carbonyl (C=O) groups is 1. The Morgan fingerprint density at radius 1 is 1.52 bits per heavy atom. The second-order valence-electron chi connectivity index (χ2n) is 6.29. The fourth-order valence-corrected chi connectivity index (χ4v) is 4.21. The van der Waals surface area contributed by atoms with E-state index >= 15 is 0 Å². The van der Waals surface area contributed by atoms with Crippen molar-refractivity contribution in [1.29, 1.82) is 0 Å². The molecule has 2 saturated heterocycles. The topological polar surface area (TPSA) is 66.0 Å². The number of rotatable bonds is 4. The molecule has 1 aromatic rings. The maximum absolute atomic E-state index is 12.3. The van der Waals surface area contributed by atoms with Crippen molar-refractivity contribution in [2.24, 2.45) is 5.41 Å². The highest BCUT2D eigenvalue weighted by Crippen LogP contribution is 2.37. The van der Waals surface area contributed by atoms with E-state index < -0.39 is 0 Å². The average Bonchev–Trinajstić information content (AvgIpc) is 3.07. The van der Waals surface area contributed by atoms with Crippen LogP contribution in [0.3, 0.4) is 0 Å². The minimum atomic E-state index is -0.00865. The van der Waals surface area contributed by atoms with Crippen molar-refractivity contribution in [1.82, 2.24) is 20.9 Å². The molecule has 21 heavy (non-hydrogen) atoms. The minimum Gasteiger partial charge on any atom is -0.354 e. The number of hydrogen-bond acceptors (Lipinski definition) is 5. The van der Waals surface area contributed by atoms with Crippen LogP contribution in [0.15, 0.2) is 5.51 Å². The summed E-state index contributed by atoms with van der Waals surface area (Å²) in [6, 6.07) is -0.00865. The van der Waals surface area contributed by atoms with Crippen LogP contribution in [0, 0.1) is 12.3 Å². The van der Waals surface area contributed by atoms with E-state index in [1.807, 2.05) is 12.4 Å². The monoisotopic (exact) mass is 308 g/mol. The lowest BCUT2D eigenvalue weighted by atomic mass is 9.77. The lowest BCUT2D eigenvalue weighted by Gasteiger charge is -2.33. The highest BCUT2D eigenvalue weighted by Gasteiger charge is 2.41. The van der Waals surface area contributed by atoms with Gasteiger partial charge in [-0.25, -0.2) is 4.98 Å². The van der Waals surface area contributed by atoms with E-state index in [-0.39, 0.29) is 11.9 Å². The van der Waals surface area contributed by atoms with Gasteiger partial charge in [-0.15, -0.1) is 11.3 Å². The molecule has 0 aliphatic carbocycles. The lowest BCUT2D eigenvalue weighted by Crippen LogP contribution is -2.41. The number of piperidine rings is 1. The van der Waals surface area contributed by atoms with Crippen molar-refractivity contribution in [3.63, 3.8) is 0 Å². The van der Waals surface area contributed by atoms with Gasteiger partial charge in [-0.1, -0.05) is 0 Å². The van der Waals surface area contributed by atoms with Crippen LogP contribution in [0.25, 0.3) is 0 Å². The molecule has 2 aliphatic rings. The Bertz CT molecular complexity index is 496. The minimum absolute atomic E-state index is 0.00865. The standard InChI is InChI=1S/C15H24N4OS/c1-11-13(21-10-19-11)2-5-17-14(20)12-8-15(9-18-12)3-6-16-7-4-15/h10,12,16,18H,2-9H2,1H3,(H,17,20)/t12-/m1/s1. The number of aromatic nitrogens is 1. The third-order valence-corrected chi connectivity index (χ3v) is 5.83. The van der Waals surface area contributed by atoms with Gasteiger partial charge in [-0.05, 0) is 44.7 Å². The van der Waals surface area contributed by atoms with Crippen LogP contribution in [0.2, 0.25) is 0 Å². The van der Waals surface area contributed by atoms with Gasteiger partial charge in [-0.3, -0.25) is 4.79 Å². The zero-order chi connectivity index (χ0) is 14.7. The Labute approximate surface area is 129 Å². The Kier molecular flexibility index (Phi) is 4.57. The molecule has 0 aromatic carbocycles. The van der Waals surface area contributed by atoms with Gasteiger partial charge in [0.2, 0.25) is 5.91 Å². The van der Waals surface area contributed by atoms with E-state index in [2.05, 4.69) is 20.9 Å². The molecule has 116 valence electrons. The molecule has 3 heterocycles. The van der Waals surface area contributed by atoms with E-state index in [1.165, 1.54) is 17.7 Å². The number of nitrogens with one attached hydrogen (secondary N) is 3. The summed E-state index contributed by atoms with van der Waals surface area (Å²) in [5.41, 5.74) is 3.30. The van der Waals surface area contributed by atoms with Gasteiger partial charge in [0.1, 0.15) is 0 Å². The number of hydrogen-bond donors (Lipinski definition) is 3. The van der Waals surface area contributed by atoms with Gasteiger partial charge < -0.3 is 16.0 Å². The molecule has 1 amide bonds. The summed E-state index contributed by atoms with van der Waals surface area (Å²) in [5, 5.41) is 9.90. The molecule has 0 bridgehead atoms. The average molecular weight is 308 g/mol. The predicted octanol–water partition coefficient (Wildman–Crippen LogP) is 0.842. The van der Waals surface area contributed by atoms with Crippen LogP contribution in [-0.4, -0.2) is 43.1 Å². The van der Waals surface area contributed by atoms with Crippen LogP contribution in [0.1, 0.15) is 29.8 Å². The number of carbonyl (C=O) groups excluding carboxylic acids is 1. The summed E-state index contributed by atoms with van der Waals surface area (Å²) in [7, 11) is 0. The highest BCUT2D eigenvalue weighted by atomic mass is 32.1. The molecular weight excluding hydrogens is 284 g/mol. The third kappa shape index (κ3) is 3.44. The maximum atomic E-state index is 12.3. The molecule has 5 nitrogen and oxygen atoms in total. The molecule has 0 saturated carbocycles. The molecule has 1 spiro atoms. The molecular formula is C15H24N4OS.